The molecule has 2 fully saturated rings. The van der Waals surface area contributed by atoms with Crippen molar-refractivity contribution in [3.8, 4) is 0 Å². The first-order chi connectivity index (χ1) is 14.8. The third-order valence-electron chi connectivity index (χ3n) is 6.28. The zero-order valence-corrected chi connectivity index (χ0v) is 20.2. The van der Waals surface area contributed by atoms with E-state index in [-0.39, 0.29) is 42.2 Å². The highest BCUT2D eigenvalue weighted by Crippen LogP contribution is 2.37. The van der Waals surface area contributed by atoms with E-state index in [1.165, 1.54) is 7.11 Å². The number of rotatable bonds is 10. The fraction of sp³-hybridized carbons (Fsp3) is 0.947. The summed E-state index contributed by atoms with van der Waals surface area (Å²) in [6.07, 6.45) is -3.51. The van der Waals surface area contributed by atoms with Gasteiger partial charge in [0.05, 0.1) is 24.9 Å². The van der Waals surface area contributed by atoms with Crippen LogP contribution in [0.25, 0.3) is 0 Å². The van der Waals surface area contributed by atoms with Crippen molar-refractivity contribution in [1.29, 1.82) is 0 Å². The largest absolute Gasteiger partial charge is 0.382 e. The van der Waals surface area contributed by atoms with Crippen LogP contribution in [0.5, 0.6) is 0 Å². The summed E-state index contributed by atoms with van der Waals surface area (Å²) in [6.45, 7) is 8.31. The highest BCUT2D eigenvalue weighted by Gasteiger charge is 2.50. The van der Waals surface area contributed by atoms with Gasteiger partial charge in [-0.15, -0.1) is 0 Å². The molecule has 0 aliphatic carbocycles. The molecule has 11 atom stereocenters. The smallest absolute Gasteiger partial charge is 0.377 e. The summed E-state index contributed by atoms with van der Waals surface area (Å²) in [5.41, 5.74) is 0. The molecule has 2 aliphatic rings. The number of hydrogen-bond donors (Lipinski definition) is 0. The highest BCUT2D eigenvalue weighted by atomic mass is 31.0. The van der Waals surface area contributed by atoms with Crippen LogP contribution < -0.4 is 0 Å². The molecule has 2 rings (SSSR count). The Hall–Kier alpha value is -0.460. The van der Waals surface area contributed by atoms with Crippen LogP contribution >= 0.6 is 9.47 Å². The van der Waals surface area contributed by atoms with E-state index in [9.17, 15) is 4.79 Å². The Balaban J connectivity index is 2.19. The van der Waals surface area contributed by atoms with Gasteiger partial charge in [-0.25, -0.2) is 4.79 Å². The van der Waals surface area contributed by atoms with Crippen molar-refractivity contribution in [2.75, 3.05) is 27.9 Å². The lowest BCUT2D eigenvalue weighted by atomic mass is 9.83. The molecule has 0 aromatic rings. The van der Waals surface area contributed by atoms with Crippen LogP contribution in [0.4, 0.5) is 0 Å². The van der Waals surface area contributed by atoms with Crippen molar-refractivity contribution in [3.63, 3.8) is 0 Å². The predicted molar refractivity (Wildman–Crippen MR) is 108 cm³/mol. The van der Waals surface area contributed by atoms with Gasteiger partial charge < -0.3 is 28.4 Å². The van der Waals surface area contributed by atoms with Crippen molar-refractivity contribution >= 4 is 15.4 Å². The summed E-state index contributed by atoms with van der Waals surface area (Å²) in [6, 6.07) is 0. The summed E-state index contributed by atoms with van der Waals surface area (Å²) in [5.74, 6) is -1.02. The normalized spacial score (nSPS) is 41.2. The average Bonchev–Trinajstić information content (AvgIpc) is 2.75. The zero-order valence-electron chi connectivity index (χ0n) is 19.0. The minimum absolute atomic E-state index is 0.00523. The lowest BCUT2D eigenvalue weighted by Gasteiger charge is -2.48. The van der Waals surface area contributed by atoms with E-state index in [1.54, 1.807) is 23.7 Å². The molecule has 0 saturated carbocycles. The van der Waals surface area contributed by atoms with Crippen LogP contribution in [0.2, 0.25) is 0 Å². The number of carbonyl (C=O) groups is 1. The van der Waals surface area contributed by atoms with E-state index in [0.29, 0.717) is 6.61 Å². The predicted octanol–water partition coefficient (Wildman–Crippen LogP) is 1.60. The van der Waals surface area contributed by atoms with Crippen LogP contribution in [0.15, 0.2) is 0 Å². The van der Waals surface area contributed by atoms with Gasteiger partial charge in [-0.3, -0.25) is 4.89 Å². The van der Waals surface area contributed by atoms with Gasteiger partial charge in [0.2, 0.25) is 0 Å². The van der Waals surface area contributed by atoms with E-state index in [0.717, 1.165) is 0 Å². The second kappa shape index (κ2) is 12.7. The molecule has 0 bridgehead atoms. The molecular formula is C19H35O11P. The fourth-order valence-corrected chi connectivity index (χ4v) is 4.19. The number of carbonyl (C=O) groups excluding carboxylic acids is 1. The summed E-state index contributed by atoms with van der Waals surface area (Å²) < 4.78 is 39.2. The molecule has 31 heavy (non-hydrogen) atoms. The van der Waals surface area contributed by atoms with E-state index in [2.05, 4.69) is 19.6 Å². The minimum atomic E-state index is -1.10. The molecule has 0 radical (unpaired) electrons. The van der Waals surface area contributed by atoms with Crippen LogP contribution in [0, 0.1) is 17.8 Å². The number of hydrogen-bond acceptors (Lipinski definition) is 11. The second-order valence-electron chi connectivity index (χ2n) is 7.97. The van der Waals surface area contributed by atoms with Gasteiger partial charge in [0.15, 0.2) is 12.4 Å². The Morgan fingerprint density at radius 3 is 2.13 bits per heavy atom. The van der Waals surface area contributed by atoms with Gasteiger partial charge in [0, 0.05) is 47.7 Å². The quantitative estimate of drug-likeness (QED) is 0.201. The first-order valence-electron chi connectivity index (χ1n) is 10.2. The van der Waals surface area contributed by atoms with Crippen molar-refractivity contribution in [2.45, 2.75) is 70.6 Å². The van der Waals surface area contributed by atoms with Gasteiger partial charge in [-0.2, -0.15) is 4.67 Å². The van der Waals surface area contributed by atoms with Crippen molar-refractivity contribution in [2.24, 2.45) is 17.8 Å². The molecule has 0 N–H and O–H groups in total. The molecule has 0 amide bonds. The summed E-state index contributed by atoms with van der Waals surface area (Å²) >= 11 is 0. The summed E-state index contributed by atoms with van der Waals surface area (Å²) in [4.78, 5) is 17.1. The zero-order chi connectivity index (χ0) is 23.1. The third-order valence-corrected chi connectivity index (χ3v) is 6.35. The highest BCUT2D eigenvalue weighted by molar-refractivity contribution is 7.09. The van der Waals surface area contributed by atoms with Crippen LogP contribution in [-0.4, -0.2) is 76.8 Å². The first kappa shape index (κ1) is 26.8. The van der Waals surface area contributed by atoms with E-state index in [4.69, 9.17) is 28.4 Å². The monoisotopic (exact) mass is 470 g/mol. The lowest BCUT2D eigenvalue weighted by Crippen LogP contribution is -2.60. The molecular weight excluding hydrogens is 435 g/mol. The van der Waals surface area contributed by atoms with Gasteiger partial charge in [0.1, 0.15) is 12.2 Å². The van der Waals surface area contributed by atoms with Crippen molar-refractivity contribution in [1.82, 2.24) is 0 Å². The Kier molecular flexibility index (Phi) is 11.0. The van der Waals surface area contributed by atoms with E-state index >= 15 is 0 Å². The number of methoxy groups -OCH3 is 3. The van der Waals surface area contributed by atoms with Gasteiger partial charge in [-0.1, -0.05) is 20.8 Å². The first-order valence-corrected chi connectivity index (χ1v) is 10.7. The summed E-state index contributed by atoms with van der Waals surface area (Å²) in [7, 11) is 6.49. The fourth-order valence-electron chi connectivity index (χ4n) is 4.16. The average molecular weight is 470 g/mol. The SMILES string of the molecule is COCC1O[C@@H](C)[C@H](C)C(O[C@H]2O[C@H](C(=O)OOOOP)[C@@H](OC)C(C)C2C)[C@H]1OC. The van der Waals surface area contributed by atoms with E-state index in [1.807, 2.05) is 27.7 Å². The molecule has 0 spiro atoms. The maximum Gasteiger partial charge on any atom is 0.377 e. The maximum atomic E-state index is 12.5. The van der Waals surface area contributed by atoms with Gasteiger partial charge >= 0.3 is 5.97 Å². The standard InChI is InChI=1S/C19H35O11P/c1-9-10(2)19(26-17(14(9)22-6)18(20)27-28-29-30-31)25-15-11(3)12(4)24-13(8-21-5)16(15)23-7/h9-17,19H,8,31H2,1-7H3/t9?,10?,11-,12-,13?,14-,15?,16-,17-,19-/m0/s1. The molecule has 0 aromatic carbocycles. The minimum Gasteiger partial charge on any atom is -0.382 e. The van der Waals surface area contributed by atoms with Crippen LogP contribution in [0.3, 0.4) is 0 Å². The molecule has 5 unspecified atom stereocenters. The second-order valence-corrected chi connectivity index (χ2v) is 8.17. The van der Waals surface area contributed by atoms with Gasteiger partial charge in [0.25, 0.3) is 0 Å². The maximum absolute atomic E-state index is 12.5. The van der Waals surface area contributed by atoms with Crippen molar-refractivity contribution in [3.05, 3.63) is 0 Å². The lowest BCUT2D eigenvalue weighted by molar-refractivity contribution is -0.587. The Morgan fingerprint density at radius 2 is 1.55 bits per heavy atom. The third kappa shape index (κ3) is 6.32. The van der Waals surface area contributed by atoms with Gasteiger partial charge in [-0.05, 0) is 17.9 Å². The van der Waals surface area contributed by atoms with Crippen molar-refractivity contribution < 1.29 is 52.9 Å². The summed E-state index contributed by atoms with van der Waals surface area (Å²) in [5, 5.41) is 8.32. The Bertz CT molecular complexity index is 553. The molecule has 12 heteroatoms. The molecule has 0 aromatic heterocycles. The van der Waals surface area contributed by atoms with Crippen LogP contribution in [0.1, 0.15) is 27.7 Å². The Labute approximate surface area is 185 Å². The topological polar surface area (TPSA) is 109 Å². The number of ether oxygens (including phenoxy) is 6. The molecule has 2 aliphatic heterocycles. The molecule has 2 saturated heterocycles. The molecule has 2 heterocycles. The molecule has 11 nitrogen and oxygen atoms in total. The Morgan fingerprint density at radius 1 is 0.871 bits per heavy atom. The van der Waals surface area contributed by atoms with Crippen LogP contribution in [-0.2, 0) is 52.9 Å². The van der Waals surface area contributed by atoms with E-state index < -0.39 is 24.5 Å². The molecule has 182 valence electrons.